The van der Waals surface area contributed by atoms with Gasteiger partial charge in [0.1, 0.15) is 0 Å². The molecule has 0 aliphatic carbocycles. The van der Waals surface area contributed by atoms with Gasteiger partial charge in [0.2, 0.25) is 0 Å². The Bertz CT molecular complexity index is 253. The third-order valence-electron chi connectivity index (χ3n) is 4.07. The molecule has 1 rings (SSSR count). The van der Waals surface area contributed by atoms with Gasteiger partial charge in [-0.3, -0.25) is 4.90 Å². The minimum Gasteiger partial charge on any atom is -0.379 e. The van der Waals surface area contributed by atoms with Gasteiger partial charge < -0.3 is 24.2 Å². The Hall–Kier alpha value is -0.240. The van der Waals surface area contributed by atoms with Crippen molar-refractivity contribution < 1.29 is 9.47 Å². The molecule has 132 valence electrons. The highest BCUT2D eigenvalue weighted by Crippen LogP contribution is 1.95. The number of ether oxygens (including phenoxy) is 2. The minimum atomic E-state index is 0.813. The fourth-order valence-electron chi connectivity index (χ4n) is 2.27. The van der Waals surface area contributed by atoms with Crippen LogP contribution in [0.15, 0.2) is 0 Å². The van der Waals surface area contributed by atoms with E-state index >= 15 is 0 Å². The molecular formula is C16H36N4O2. The second-order valence-electron chi connectivity index (χ2n) is 6.48. The van der Waals surface area contributed by atoms with Crippen molar-refractivity contribution in [3.05, 3.63) is 0 Å². The molecule has 0 aromatic carbocycles. The van der Waals surface area contributed by atoms with Crippen molar-refractivity contribution >= 4 is 0 Å². The highest BCUT2D eigenvalue weighted by atomic mass is 16.5. The monoisotopic (exact) mass is 316 g/mol. The van der Waals surface area contributed by atoms with E-state index in [2.05, 4.69) is 47.8 Å². The highest BCUT2D eigenvalue weighted by Gasteiger charge is 2.09. The molecule has 0 amide bonds. The van der Waals surface area contributed by atoms with E-state index in [4.69, 9.17) is 9.47 Å². The van der Waals surface area contributed by atoms with Crippen LogP contribution < -0.4 is 0 Å². The third-order valence-corrected chi connectivity index (χ3v) is 4.07. The molecule has 1 aliphatic rings. The first-order chi connectivity index (χ1) is 10.6. The number of nitrogens with zero attached hydrogens (tertiary/aromatic N) is 4. The lowest BCUT2D eigenvalue weighted by atomic mass is 10.4. The van der Waals surface area contributed by atoms with E-state index in [9.17, 15) is 0 Å². The maximum absolute atomic E-state index is 5.75. The van der Waals surface area contributed by atoms with Crippen molar-refractivity contribution in [3.63, 3.8) is 0 Å². The van der Waals surface area contributed by atoms with Gasteiger partial charge in [-0.1, -0.05) is 0 Å². The van der Waals surface area contributed by atoms with Crippen LogP contribution >= 0.6 is 0 Å². The van der Waals surface area contributed by atoms with Crippen LogP contribution in [-0.2, 0) is 9.47 Å². The molecule has 22 heavy (non-hydrogen) atoms. The Morgan fingerprint density at radius 3 is 1.86 bits per heavy atom. The summed E-state index contributed by atoms with van der Waals surface area (Å²) in [6.07, 6.45) is 0. The summed E-state index contributed by atoms with van der Waals surface area (Å²) in [6.45, 7) is 11.6. The Labute approximate surface area is 136 Å². The van der Waals surface area contributed by atoms with Gasteiger partial charge in [0, 0.05) is 52.4 Å². The normalized spacial score (nSPS) is 21.0. The molecule has 6 heteroatoms. The van der Waals surface area contributed by atoms with E-state index in [0.717, 1.165) is 78.8 Å². The molecule has 0 radical (unpaired) electrons. The zero-order valence-corrected chi connectivity index (χ0v) is 15.1. The van der Waals surface area contributed by atoms with E-state index in [-0.39, 0.29) is 0 Å². The molecule has 0 aromatic heterocycles. The van der Waals surface area contributed by atoms with Gasteiger partial charge in [-0.25, -0.2) is 0 Å². The zero-order chi connectivity index (χ0) is 16.2. The Balaban J connectivity index is 2.24. The molecule has 0 unspecified atom stereocenters. The van der Waals surface area contributed by atoms with E-state index < -0.39 is 0 Å². The van der Waals surface area contributed by atoms with E-state index in [0.29, 0.717) is 0 Å². The summed E-state index contributed by atoms with van der Waals surface area (Å²) in [7, 11) is 8.56. The summed E-state index contributed by atoms with van der Waals surface area (Å²) in [4.78, 5) is 9.34. The molecular weight excluding hydrogens is 280 g/mol. The van der Waals surface area contributed by atoms with Crippen LogP contribution in [0.2, 0.25) is 0 Å². The second kappa shape index (κ2) is 12.2. The molecule has 0 N–H and O–H groups in total. The van der Waals surface area contributed by atoms with E-state index in [1.807, 2.05) is 0 Å². The average molecular weight is 316 g/mol. The number of hydrogen-bond acceptors (Lipinski definition) is 6. The molecule has 1 aliphatic heterocycles. The van der Waals surface area contributed by atoms with Crippen LogP contribution in [0.3, 0.4) is 0 Å². The smallest absolute Gasteiger partial charge is 0.0594 e. The quantitative estimate of drug-likeness (QED) is 0.672. The first kappa shape index (κ1) is 19.8. The Kier molecular flexibility index (Phi) is 11.0. The maximum Gasteiger partial charge on any atom is 0.0594 e. The molecule has 0 spiro atoms. The Morgan fingerprint density at radius 2 is 1.32 bits per heavy atom. The first-order valence-corrected chi connectivity index (χ1v) is 8.47. The Morgan fingerprint density at radius 1 is 0.773 bits per heavy atom. The lowest BCUT2D eigenvalue weighted by Crippen LogP contribution is -2.40. The summed E-state index contributed by atoms with van der Waals surface area (Å²) < 4.78 is 11.5. The molecule has 0 aromatic rings. The molecule has 0 bridgehead atoms. The third kappa shape index (κ3) is 10.5. The second-order valence-corrected chi connectivity index (χ2v) is 6.48. The molecule has 1 heterocycles. The largest absolute Gasteiger partial charge is 0.379 e. The van der Waals surface area contributed by atoms with Crippen molar-refractivity contribution in [2.75, 3.05) is 107 Å². The number of likely N-dealkylation sites (N-methyl/N-ethyl adjacent to an activating group) is 3. The first-order valence-electron chi connectivity index (χ1n) is 8.47. The van der Waals surface area contributed by atoms with Crippen molar-refractivity contribution in [1.29, 1.82) is 0 Å². The molecule has 0 saturated carbocycles. The predicted molar refractivity (Wildman–Crippen MR) is 91.6 cm³/mol. The van der Waals surface area contributed by atoms with Crippen molar-refractivity contribution in [1.82, 2.24) is 19.6 Å². The summed E-state index contributed by atoms with van der Waals surface area (Å²) in [5, 5.41) is 0. The standard InChI is InChI=1S/C16H36N4O2/c1-17(2)5-6-18(3)7-8-20-11-15-21-13-9-19(4)10-14-22-16-12-20/h5-16H2,1-4H3. The van der Waals surface area contributed by atoms with Crippen molar-refractivity contribution in [3.8, 4) is 0 Å². The highest BCUT2D eigenvalue weighted by molar-refractivity contribution is 4.63. The van der Waals surface area contributed by atoms with Gasteiger partial charge in [-0.05, 0) is 28.2 Å². The van der Waals surface area contributed by atoms with Crippen LogP contribution in [0.1, 0.15) is 0 Å². The van der Waals surface area contributed by atoms with Gasteiger partial charge in [-0.2, -0.15) is 0 Å². The van der Waals surface area contributed by atoms with Crippen LogP contribution in [0.25, 0.3) is 0 Å². The number of hydrogen-bond donors (Lipinski definition) is 0. The van der Waals surface area contributed by atoms with Crippen LogP contribution in [0, 0.1) is 0 Å². The maximum atomic E-state index is 5.75. The minimum absolute atomic E-state index is 0.813. The van der Waals surface area contributed by atoms with Gasteiger partial charge >= 0.3 is 0 Å². The van der Waals surface area contributed by atoms with E-state index in [1.54, 1.807) is 0 Å². The van der Waals surface area contributed by atoms with Crippen LogP contribution in [-0.4, -0.2) is 127 Å². The number of rotatable bonds is 6. The summed E-state index contributed by atoms with van der Waals surface area (Å²) in [5.74, 6) is 0. The topological polar surface area (TPSA) is 31.4 Å². The van der Waals surface area contributed by atoms with Gasteiger partial charge in [0.25, 0.3) is 0 Å². The van der Waals surface area contributed by atoms with E-state index in [1.165, 1.54) is 0 Å². The fraction of sp³-hybridized carbons (Fsp3) is 1.00. The van der Waals surface area contributed by atoms with Crippen LogP contribution in [0.5, 0.6) is 0 Å². The summed E-state index contributed by atoms with van der Waals surface area (Å²) in [5.41, 5.74) is 0. The summed E-state index contributed by atoms with van der Waals surface area (Å²) in [6, 6.07) is 0. The summed E-state index contributed by atoms with van der Waals surface area (Å²) >= 11 is 0. The lowest BCUT2D eigenvalue weighted by Gasteiger charge is -2.27. The fourth-order valence-corrected chi connectivity index (χ4v) is 2.27. The van der Waals surface area contributed by atoms with Gasteiger partial charge in [0.15, 0.2) is 0 Å². The molecule has 0 atom stereocenters. The molecule has 1 saturated heterocycles. The SMILES string of the molecule is CN(C)CCN(C)CCN1CCOCCN(C)CCOCC1. The van der Waals surface area contributed by atoms with Crippen LogP contribution in [0.4, 0.5) is 0 Å². The van der Waals surface area contributed by atoms with Gasteiger partial charge in [0.05, 0.1) is 26.4 Å². The lowest BCUT2D eigenvalue weighted by molar-refractivity contribution is 0.0418. The average Bonchev–Trinajstić information content (AvgIpc) is 2.47. The van der Waals surface area contributed by atoms with Gasteiger partial charge in [-0.15, -0.1) is 0 Å². The molecule has 6 nitrogen and oxygen atoms in total. The van der Waals surface area contributed by atoms with Crippen molar-refractivity contribution in [2.45, 2.75) is 0 Å². The van der Waals surface area contributed by atoms with Crippen molar-refractivity contribution in [2.24, 2.45) is 0 Å². The molecule has 1 fully saturated rings. The predicted octanol–water partition coefficient (Wildman–Crippen LogP) is -0.240. The zero-order valence-electron chi connectivity index (χ0n) is 15.1.